The Bertz CT molecular complexity index is 625. The van der Waals surface area contributed by atoms with Gasteiger partial charge in [-0.05, 0) is 25.1 Å². The number of hydrogen-bond acceptors (Lipinski definition) is 4. The van der Waals surface area contributed by atoms with Crippen LogP contribution in [0.25, 0.3) is 0 Å². The Kier molecular flexibility index (Phi) is 4.62. The molecule has 0 amide bonds. The number of nitrogens with zero attached hydrogens (tertiary/aromatic N) is 3. The molecule has 0 atom stereocenters. The quantitative estimate of drug-likeness (QED) is 0.379. The van der Waals surface area contributed by atoms with Crippen molar-refractivity contribution in [3.8, 4) is 5.75 Å². The maximum atomic E-state index is 8.80. The molecule has 2 rings (SSSR count). The molecule has 0 aliphatic rings. The highest BCUT2D eigenvalue weighted by molar-refractivity contribution is 9.10. The minimum atomic E-state index is 0.00514. The minimum Gasteiger partial charge on any atom is -0.488 e. The Hall–Kier alpha value is -2.02. The van der Waals surface area contributed by atoms with Crippen molar-refractivity contribution in [2.45, 2.75) is 20.1 Å². The number of hydrogen-bond donors (Lipinski definition) is 2. The van der Waals surface area contributed by atoms with Crippen LogP contribution < -0.4 is 10.5 Å². The summed E-state index contributed by atoms with van der Waals surface area (Å²) in [5.74, 6) is 0.554. The molecule has 3 N–H and O–H groups in total. The molecule has 0 saturated carbocycles. The molecule has 1 heterocycles. The molecular formula is C13H15BrN4O2. The van der Waals surface area contributed by atoms with E-state index in [0.717, 1.165) is 16.6 Å². The molecule has 0 radical (unpaired) electrons. The van der Waals surface area contributed by atoms with Crippen molar-refractivity contribution in [1.29, 1.82) is 0 Å². The van der Waals surface area contributed by atoms with Crippen LogP contribution in [0, 0.1) is 0 Å². The maximum absolute atomic E-state index is 8.80. The lowest BCUT2D eigenvalue weighted by atomic mass is 10.2. The Morgan fingerprint density at radius 2 is 2.35 bits per heavy atom. The van der Waals surface area contributed by atoms with Gasteiger partial charge in [-0.1, -0.05) is 21.1 Å². The van der Waals surface area contributed by atoms with Gasteiger partial charge in [0.15, 0.2) is 5.84 Å². The number of benzene rings is 1. The largest absolute Gasteiger partial charge is 0.488 e. The van der Waals surface area contributed by atoms with E-state index in [2.05, 4.69) is 26.2 Å². The van der Waals surface area contributed by atoms with Crippen LogP contribution in [0.4, 0.5) is 0 Å². The summed E-state index contributed by atoms with van der Waals surface area (Å²) in [5.41, 5.74) is 7.13. The number of rotatable bonds is 5. The molecule has 2 aromatic rings. The highest BCUT2D eigenvalue weighted by Crippen LogP contribution is 2.24. The van der Waals surface area contributed by atoms with Gasteiger partial charge < -0.3 is 15.7 Å². The fourth-order valence-electron chi connectivity index (χ4n) is 1.70. The van der Waals surface area contributed by atoms with E-state index in [9.17, 15) is 0 Å². The van der Waals surface area contributed by atoms with Crippen LogP contribution in [0.5, 0.6) is 5.75 Å². The first kappa shape index (κ1) is 14.4. The summed E-state index contributed by atoms with van der Waals surface area (Å²) in [6.07, 6.45) is 3.67. The van der Waals surface area contributed by atoms with Crippen LogP contribution in [-0.4, -0.2) is 20.8 Å². The number of oxime groups is 1. The number of nitrogens with two attached hydrogens (primary N) is 1. The van der Waals surface area contributed by atoms with E-state index in [4.69, 9.17) is 15.7 Å². The van der Waals surface area contributed by atoms with Gasteiger partial charge >= 0.3 is 0 Å². The lowest BCUT2D eigenvalue weighted by molar-refractivity contribution is 0.303. The third-order valence-corrected chi connectivity index (χ3v) is 3.22. The molecule has 7 heteroatoms. The fourth-order valence-corrected chi connectivity index (χ4v) is 2.06. The van der Waals surface area contributed by atoms with Gasteiger partial charge in [-0.25, -0.2) is 0 Å². The van der Waals surface area contributed by atoms with E-state index >= 15 is 0 Å². The van der Waals surface area contributed by atoms with Gasteiger partial charge in [0.05, 0.1) is 11.8 Å². The first-order valence-electron chi connectivity index (χ1n) is 6.05. The van der Waals surface area contributed by atoms with Crippen LogP contribution in [0.15, 0.2) is 40.2 Å². The van der Waals surface area contributed by atoms with Crippen molar-refractivity contribution in [1.82, 2.24) is 9.78 Å². The van der Waals surface area contributed by atoms with Crippen LogP contribution in [0.2, 0.25) is 0 Å². The summed E-state index contributed by atoms with van der Waals surface area (Å²) in [6.45, 7) is 3.20. The molecule has 6 nitrogen and oxygen atoms in total. The molecular weight excluding hydrogens is 324 g/mol. The summed E-state index contributed by atoms with van der Waals surface area (Å²) in [6, 6.07) is 5.33. The Morgan fingerprint density at radius 1 is 1.55 bits per heavy atom. The highest BCUT2D eigenvalue weighted by atomic mass is 79.9. The topological polar surface area (TPSA) is 85.7 Å². The molecule has 0 aliphatic heterocycles. The van der Waals surface area contributed by atoms with Crippen molar-refractivity contribution in [2.75, 3.05) is 0 Å². The predicted octanol–water partition coefficient (Wildman–Crippen LogP) is 2.34. The van der Waals surface area contributed by atoms with Crippen LogP contribution >= 0.6 is 15.9 Å². The Morgan fingerprint density at radius 3 is 3.00 bits per heavy atom. The average molecular weight is 339 g/mol. The fraction of sp³-hybridized carbons (Fsp3) is 0.231. The van der Waals surface area contributed by atoms with Crippen LogP contribution in [0.3, 0.4) is 0 Å². The standard InChI is InChI=1S/C13H15BrN4O2/c1-2-18-7-9(6-16-18)8-20-12-4-3-10(14)5-11(12)13(15)17-19/h3-7,19H,2,8H2,1H3,(H2,15,17). The zero-order valence-electron chi connectivity index (χ0n) is 11.0. The molecule has 0 unspecified atom stereocenters. The second-order valence-electron chi connectivity index (χ2n) is 4.12. The summed E-state index contributed by atoms with van der Waals surface area (Å²) in [7, 11) is 0. The van der Waals surface area contributed by atoms with Gasteiger partial charge in [0.1, 0.15) is 12.4 Å². The third-order valence-electron chi connectivity index (χ3n) is 2.73. The van der Waals surface area contributed by atoms with Crippen molar-refractivity contribution in [3.05, 3.63) is 46.2 Å². The molecule has 0 saturated heterocycles. The van der Waals surface area contributed by atoms with E-state index in [1.807, 2.05) is 23.9 Å². The van der Waals surface area contributed by atoms with E-state index in [1.54, 1.807) is 18.3 Å². The van der Waals surface area contributed by atoms with Gasteiger partial charge in [-0.3, -0.25) is 4.68 Å². The normalized spacial score (nSPS) is 11.6. The molecule has 0 aliphatic carbocycles. The summed E-state index contributed by atoms with van der Waals surface area (Å²) in [5, 5.41) is 16.0. The molecule has 0 spiro atoms. The van der Waals surface area contributed by atoms with Gasteiger partial charge in [0.25, 0.3) is 0 Å². The van der Waals surface area contributed by atoms with Gasteiger partial charge in [0, 0.05) is 22.8 Å². The monoisotopic (exact) mass is 338 g/mol. The van der Waals surface area contributed by atoms with Crippen LogP contribution in [-0.2, 0) is 13.2 Å². The smallest absolute Gasteiger partial charge is 0.173 e. The zero-order valence-corrected chi connectivity index (χ0v) is 12.5. The van der Waals surface area contributed by atoms with Crippen molar-refractivity contribution >= 4 is 21.8 Å². The summed E-state index contributed by atoms with van der Waals surface area (Å²) < 4.78 is 8.36. The lowest BCUT2D eigenvalue weighted by Gasteiger charge is -2.10. The van der Waals surface area contributed by atoms with E-state index in [-0.39, 0.29) is 5.84 Å². The molecule has 1 aromatic carbocycles. The Balaban J connectivity index is 2.16. The molecule has 0 fully saturated rings. The minimum absolute atomic E-state index is 0.00514. The first-order chi connectivity index (χ1) is 9.63. The highest BCUT2D eigenvalue weighted by Gasteiger charge is 2.10. The van der Waals surface area contributed by atoms with Crippen LogP contribution in [0.1, 0.15) is 18.1 Å². The SMILES string of the molecule is CCn1cc(COc2ccc(Br)cc2/C(N)=N/O)cn1. The van der Waals surface area contributed by atoms with Gasteiger partial charge in [-0.15, -0.1) is 0 Å². The molecule has 1 aromatic heterocycles. The number of ether oxygens (including phenoxy) is 1. The van der Waals surface area contributed by atoms with Gasteiger partial charge in [0.2, 0.25) is 0 Å². The molecule has 106 valence electrons. The second kappa shape index (κ2) is 6.42. The predicted molar refractivity (Wildman–Crippen MR) is 78.9 cm³/mol. The summed E-state index contributed by atoms with van der Waals surface area (Å²) >= 11 is 3.34. The Labute approximate surface area is 125 Å². The average Bonchev–Trinajstić information content (AvgIpc) is 2.93. The maximum Gasteiger partial charge on any atom is 0.173 e. The summed E-state index contributed by atoms with van der Waals surface area (Å²) in [4.78, 5) is 0. The number of aromatic nitrogens is 2. The van der Waals surface area contributed by atoms with E-state index in [1.165, 1.54) is 0 Å². The van der Waals surface area contributed by atoms with Crippen molar-refractivity contribution in [3.63, 3.8) is 0 Å². The first-order valence-corrected chi connectivity index (χ1v) is 6.85. The third kappa shape index (κ3) is 3.30. The molecule has 20 heavy (non-hydrogen) atoms. The van der Waals surface area contributed by atoms with Crippen molar-refractivity contribution < 1.29 is 9.94 Å². The molecule has 0 bridgehead atoms. The number of aryl methyl sites for hydroxylation is 1. The van der Waals surface area contributed by atoms with E-state index < -0.39 is 0 Å². The van der Waals surface area contributed by atoms with E-state index in [0.29, 0.717) is 17.9 Å². The van der Waals surface area contributed by atoms with Gasteiger partial charge in [-0.2, -0.15) is 5.10 Å². The second-order valence-corrected chi connectivity index (χ2v) is 5.03. The van der Waals surface area contributed by atoms with Crippen molar-refractivity contribution in [2.24, 2.45) is 10.9 Å². The number of halogens is 1. The lowest BCUT2D eigenvalue weighted by Crippen LogP contribution is -2.15. The zero-order chi connectivity index (χ0) is 14.5. The number of amidine groups is 1.